The first kappa shape index (κ1) is 9.54. The maximum atomic E-state index is 7.89. The van der Waals surface area contributed by atoms with Gasteiger partial charge < -0.3 is 0 Å². The van der Waals surface area contributed by atoms with E-state index >= 15 is 0 Å². The fraction of sp³-hybridized carbons (Fsp3) is 0.250. The van der Waals surface area contributed by atoms with Gasteiger partial charge in [-0.05, 0) is 24.1 Å². The molecule has 0 atom stereocenters. The fourth-order valence-corrected chi connectivity index (χ4v) is 1.19. The van der Waals surface area contributed by atoms with Crippen LogP contribution in [-0.4, -0.2) is 5.26 Å². The zero-order valence-corrected chi connectivity index (χ0v) is 7.50. The Morgan fingerprint density at radius 3 is 2.50 bits per heavy atom. The molecule has 66 valence electrons. The highest BCUT2D eigenvalue weighted by atomic mass is 32.2. The summed E-state index contributed by atoms with van der Waals surface area (Å²) in [6.07, 6.45) is 1.02. The second-order valence-corrected chi connectivity index (χ2v) is 3.00. The Morgan fingerprint density at radius 2 is 2.00 bits per heavy atom. The van der Waals surface area contributed by atoms with E-state index in [0.29, 0.717) is 0 Å². The van der Waals surface area contributed by atoms with Crippen LogP contribution in [0.1, 0.15) is 12.5 Å². The van der Waals surface area contributed by atoms with Crippen LogP contribution in [0.3, 0.4) is 0 Å². The molecular weight excluding hydrogens is 176 g/mol. The lowest BCUT2D eigenvalue weighted by Crippen LogP contribution is -1.81. The monoisotopic (exact) mass is 186 g/mol. The molecule has 0 radical (unpaired) electrons. The maximum Gasteiger partial charge on any atom is 0.0714 e. The van der Waals surface area contributed by atoms with Gasteiger partial charge in [-0.3, -0.25) is 0 Å². The Balaban J connectivity index is 2.53. The molecule has 0 heterocycles. The SMILES string of the molecule is CCc1ccc(SOOO)cc1. The first-order chi connectivity index (χ1) is 5.86. The Morgan fingerprint density at radius 1 is 1.33 bits per heavy atom. The molecular formula is C8H10O3S. The van der Waals surface area contributed by atoms with Crippen molar-refractivity contribution in [1.82, 2.24) is 0 Å². The van der Waals surface area contributed by atoms with E-state index in [0.717, 1.165) is 23.4 Å². The van der Waals surface area contributed by atoms with Gasteiger partial charge in [0.05, 0.1) is 12.0 Å². The van der Waals surface area contributed by atoms with E-state index in [1.807, 2.05) is 24.3 Å². The Labute approximate surface area is 75.4 Å². The largest absolute Gasteiger partial charge is 0.220 e. The summed E-state index contributed by atoms with van der Waals surface area (Å²) in [4.78, 5) is 0.890. The third kappa shape index (κ3) is 2.83. The van der Waals surface area contributed by atoms with Gasteiger partial charge in [-0.25, -0.2) is 5.26 Å². The average molecular weight is 186 g/mol. The predicted molar refractivity (Wildman–Crippen MR) is 46.5 cm³/mol. The Kier molecular flexibility index (Phi) is 4.10. The van der Waals surface area contributed by atoms with Gasteiger partial charge >= 0.3 is 0 Å². The normalized spacial score (nSPS) is 10.2. The van der Waals surface area contributed by atoms with Crippen molar-refractivity contribution in [2.45, 2.75) is 18.2 Å². The van der Waals surface area contributed by atoms with Crippen molar-refractivity contribution in [1.29, 1.82) is 0 Å². The lowest BCUT2D eigenvalue weighted by molar-refractivity contribution is -0.432. The summed E-state index contributed by atoms with van der Waals surface area (Å²) in [5.41, 5.74) is 1.27. The molecule has 0 saturated heterocycles. The molecule has 1 aromatic carbocycles. The van der Waals surface area contributed by atoms with Crippen molar-refractivity contribution >= 4 is 12.0 Å². The van der Waals surface area contributed by atoms with Gasteiger partial charge in [0.1, 0.15) is 0 Å². The third-order valence-corrected chi connectivity index (χ3v) is 2.09. The predicted octanol–water partition coefficient (Wildman–Crippen LogP) is 2.68. The molecule has 0 aliphatic heterocycles. The van der Waals surface area contributed by atoms with Crippen LogP contribution in [-0.2, 0) is 15.8 Å². The second-order valence-electron chi connectivity index (χ2n) is 2.22. The van der Waals surface area contributed by atoms with Gasteiger partial charge in [-0.1, -0.05) is 24.1 Å². The number of benzene rings is 1. The average Bonchev–Trinajstić information content (AvgIpc) is 2.15. The van der Waals surface area contributed by atoms with E-state index in [1.165, 1.54) is 5.56 Å². The van der Waals surface area contributed by atoms with Crippen molar-refractivity contribution in [3.63, 3.8) is 0 Å². The lowest BCUT2D eigenvalue weighted by atomic mass is 10.2. The van der Waals surface area contributed by atoms with Gasteiger partial charge in [0.15, 0.2) is 0 Å². The summed E-state index contributed by atoms with van der Waals surface area (Å²) < 4.78 is 4.27. The number of hydrogen-bond acceptors (Lipinski definition) is 4. The van der Waals surface area contributed by atoms with Gasteiger partial charge in [-0.2, -0.15) is 0 Å². The van der Waals surface area contributed by atoms with Gasteiger partial charge in [0.25, 0.3) is 0 Å². The molecule has 0 fully saturated rings. The standard InChI is InChI=1S/C8H10O3S/c1-2-7-3-5-8(6-4-7)12-11-10-9/h3-6,9H,2H2,1H3. The molecule has 1 aromatic rings. The molecule has 3 nitrogen and oxygen atoms in total. The zero-order valence-electron chi connectivity index (χ0n) is 6.69. The molecule has 0 unspecified atom stereocenters. The molecule has 0 spiro atoms. The first-order valence-electron chi connectivity index (χ1n) is 3.60. The van der Waals surface area contributed by atoms with Crippen LogP contribution in [0, 0.1) is 0 Å². The molecule has 0 bridgehead atoms. The van der Waals surface area contributed by atoms with E-state index < -0.39 is 0 Å². The van der Waals surface area contributed by atoms with Crippen LogP contribution in [0.2, 0.25) is 0 Å². The highest BCUT2D eigenvalue weighted by molar-refractivity contribution is 7.94. The molecule has 1 N–H and O–H groups in total. The second kappa shape index (κ2) is 5.16. The molecule has 4 heteroatoms. The lowest BCUT2D eigenvalue weighted by Gasteiger charge is -1.98. The minimum atomic E-state index is 0.890. The van der Waals surface area contributed by atoms with Crippen molar-refractivity contribution in [3.8, 4) is 0 Å². The molecule has 0 amide bonds. The number of rotatable bonds is 4. The van der Waals surface area contributed by atoms with E-state index in [2.05, 4.69) is 16.3 Å². The quantitative estimate of drug-likeness (QED) is 0.445. The zero-order chi connectivity index (χ0) is 8.81. The van der Waals surface area contributed by atoms with Crippen molar-refractivity contribution in [2.75, 3.05) is 0 Å². The van der Waals surface area contributed by atoms with Crippen LogP contribution in [0.15, 0.2) is 29.2 Å². The van der Waals surface area contributed by atoms with Gasteiger partial charge in [0, 0.05) is 4.90 Å². The van der Waals surface area contributed by atoms with Crippen LogP contribution in [0.25, 0.3) is 0 Å². The Hall–Kier alpha value is -0.550. The summed E-state index contributed by atoms with van der Waals surface area (Å²) in [6.45, 7) is 2.09. The van der Waals surface area contributed by atoms with Crippen LogP contribution in [0.4, 0.5) is 0 Å². The Bertz CT molecular complexity index is 222. The number of hydrogen-bond donors (Lipinski definition) is 1. The summed E-state index contributed by atoms with van der Waals surface area (Å²) in [7, 11) is 0. The highest BCUT2D eigenvalue weighted by Gasteiger charge is 1.94. The topological polar surface area (TPSA) is 38.7 Å². The number of aryl methyl sites for hydroxylation is 1. The maximum absolute atomic E-state index is 7.89. The molecule has 12 heavy (non-hydrogen) atoms. The molecule has 0 aromatic heterocycles. The van der Waals surface area contributed by atoms with Gasteiger partial charge in [0.2, 0.25) is 0 Å². The van der Waals surface area contributed by atoms with Crippen molar-refractivity contribution in [3.05, 3.63) is 29.8 Å². The van der Waals surface area contributed by atoms with E-state index in [1.54, 1.807) is 0 Å². The van der Waals surface area contributed by atoms with E-state index in [-0.39, 0.29) is 0 Å². The van der Waals surface area contributed by atoms with Crippen LogP contribution >= 0.6 is 12.0 Å². The van der Waals surface area contributed by atoms with Crippen LogP contribution in [0.5, 0.6) is 0 Å². The summed E-state index contributed by atoms with van der Waals surface area (Å²) in [5.74, 6) is 0. The summed E-state index contributed by atoms with van der Waals surface area (Å²) in [5, 5.41) is 11.4. The third-order valence-electron chi connectivity index (χ3n) is 1.49. The minimum absolute atomic E-state index is 0.890. The molecule has 1 rings (SSSR count). The van der Waals surface area contributed by atoms with Crippen LogP contribution < -0.4 is 0 Å². The summed E-state index contributed by atoms with van der Waals surface area (Å²) in [6, 6.07) is 7.82. The van der Waals surface area contributed by atoms with Crippen molar-refractivity contribution < 1.29 is 14.6 Å². The molecule has 0 aliphatic carbocycles. The smallest absolute Gasteiger partial charge is 0.0714 e. The van der Waals surface area contributed by atoms with E-state index in [9.17, 15) is 0 Å². The van der Waals surface area contributed by atoms with Crippen molar-refractivity contribution in [2.24, 2.45) is 0 Å². The molecule has 0 saturated carbocycles. The first-order valence-corrected chi connectivity index (χ1v) is 4.34. The summed E-state index contributed by atoms with van der Waals surface area (Å²) >= 11 is 0.967. The minimum Gasteiger partial charge on any atom is -0.220 e. The highest BCUT2D eigenvalue weighted by Crippen LogP contribution is 2.19. The fourth-order valence-electron chi connectivity index (χ4n) is 0.835. The van der Waals surface area contributed by atoms with E-state index in [4.69, 9.17) is 5.26 Å². The van der Waals surface area contributed by atoms with Gasteiger partial charge in [-0.15, -0.1) is 4.33 Å². The molecule has 0 aliphatic rings.